The van der Waals surface area contributed by atoms with E-state index in [0.29, 0.717) is 25.9 Å². The van der Waals surface area contributed by atoms with Crippen LogP contribution in [0.1, 0.15) is 35.6 Å². The van der Waals surface area contributed by atoms with Crippen molar-refractivity contribution in [2.45, 2.75) is 24.6 Å². The highest BCUT2D eigenvalue weighted by Crippen LogP contribution is 2.31. The van der Waals surface area contributed by atoms with Crippen molar-refractivity contribution in [3.05, 3.63) is 106 Å². The number of carbonyl (C=O) groups is 1. The molecule has 9 heteroatoms. The van der Waals surface area contributed by atoms with Gasteiger partial charge in [-0.15, -0.1) is 0 Å². The molecule has 5 rings (SSSR count). The lowest BCUT2D eigenvalue weighted by Gasteiger charge is -2.41. The lowest BCUT2D eigenvalue weighted by molar-refractivity contribution is -0.138. The minimum absolute atomic E-state index is 0.0143. The largest absolute Gasteiger partial charge is 0.340 e. The number of sulfonamides is 1. The van der Waals surface area contributed by atoms with Crippen LogP contribution in [0.15, 0.2) is 78.9 Å². The third-order valence-corrected chi connectivity index (χ3v) is 9.97. The van der Waals surface area contributed by atoms with Crippen molar-refractivity contribution < 1.29 is 17.6 Å². The minimum Gasteiger partial charge on any atom is -0.340 e. The Morgan fingerprint density at radius 2 is 1.38 bits per heavy atom. The highest BCUT2D eigenvalue weighted by atomic mass is 35.5. The number of carbonyl (C=O) groups excluding carboxylic acids is 1. The van der Waals surface area contributed by atoms with E-state index in [1.54, 1.807) is 0 Å². The molecule has 0 N–H and O–H groups in total. The zero-order valence-corrected chi connectivity index (χ0v) is 23.3. The van der Waals surface area contributed by atoms with Crippen molar-refractivity contribution in [3.8, 4) is 0 Å². The SMILES string of the molecule is O=C(C1CCN(S(=O)(=O)Cc2c(F)cccc2Cl)CC1)N1CCN(C(c2ccccc2)c2ccccc2)CC1. The van der Waals surface area contributed by atoms with E-state index < -0.39 is 21.6 Å². The van der Waals surface area contributed by atoms with E-state index in [1.165, 1.54) is 33.6 Å². The summed E-state index contributed by atoms with van der Waals surface area (Å²) in [6, 6.07) is 25.2. The molecule has 0 aromatic heterocycles. The van der Waals surface area contributed by atoms with Crippen LogP contribution in [0.4, 0.5) is 4.39 Å². The van der Waals surface area contributed by atoms with Gasteiger partial charge in [0.05, 0.1) is 11.8 Å². The lowest BCUT2D eigenvalue weighted by Crippen LogP contribution is -2.52. The molecule has 6 nitrogen and oxygen atoms in total. The highest BCUT2D eigenvalue weighted by Gasteiger charge is 2.35. The fourth-order valence-electron chi connectivity index (χ4n) is 5.67. The van der Waals surface area contributed by atoms with Crippen LogP contribution in [-0.4, -0.2) is 67.7 Å². The van der Waals surface area contributed by atoms with Crippen molar-refractivity contribution >= 4 is 27.5 Å². The molecule has 0 spiro atoms. The fraction of sp³-hybridized carbons (Fsp3) is 0.367. The van der Waals surface area contributed by atoms with E-state index in [-0.39, 0.29) is 41.5 Å². The maximum atomic E-state index is 14.2. The number of piperazine rings is 1. The minimum atomic E-state index is -3.75. The van der Waals surface area contributed by atoms with E-state index in [4.69, 9.17) is 11.6 Å². The van der Waals surface area contributed by atoms with Crippen molar-refractivity contribution in [1.82, 2.24) is 14.1 Å². The van der Waals surface area contributed by atoms with E-state index >= 15 is 0 Å². The summed E-state index contributed by atoms with van der Waals surface area (Å²) in [6.07, 6.45) is 0.917. The first-order valence-electron chi connectivity index (χ1n) is 13.4. The van der Waals surface area contributed by atoms with E-state index in [0.717, 1.165) is 13.1 Å². The van der Waals surface area contributed by atoms with E-state index in [2.05, 4.69) is 53.4 Å². The average molecular weight is 570 g/mol. The number of rotatable bonds is 7. The molecule has 2 aliphatic rings. The lowest BCUT2D eigenvalue weighted by atomic mass is 9.95. The average Bonchev–Trinajstić information content (AvgIpc) is 2.96. The first-order chi connectivity index (χ1) is 18.8. The smallest absolute Gasteiger partial charge is 0.225 e. The number of nitrogens with zero attached hydrogens (tertiary/aromatic N) is 3. The van der Waals surface area contributed by atoms with Crippen molar-refractivity contribution in [1.29, 1.82) is 0 Å². The van der Waals surface area contributed by atoms with E-state index in [9.17, 15) is 17.6 Å². The number of benzene rings is 3. The summed E-state index contributed by atoms with van der Waals surface area (Å²) < 4.78 is 41.5. The van der Waals surface area contributed by atoms with Gasteiger partial charge >= 0.3 is 0 Å². The van der Waals surface area contributed by atoms with Gasteiger partial charge in [-0.2, -0.15) is 0 Å². The van der Waals surface area contributed by atoms with Crippen molar-refractivity contribution in [2.24, 2.45) is 5.92 Å². The van der Waals surface area contributed by atoms with Gasteiger partial charge in [-0.1, -0.05) is 78.3 Å². The molecule has 0 unspecified atom stereocenters. The van der Waals surface area contributed by atoms with Crippen LogP contribution >= 0.6 is 11.6 Å². The summed E-state index contributed by atoms with van der Waals surface area (Å²) in [7, 11) is -3.75. The third-order valence-electron chi connectivity index (χ3n) is 7.81. The Morgan fingerprint density at radius 1 is 0.821 bits per heavy atom. The van der Waals surface area contributed by atoms with Crippen molar-refractivity contribution in [3.63, 3.8) is 0 Å². The van der Waals surface area contributed by atoms with Crippen LogP contribution in [0.25, 0.3) is 0 Å². The first kappa shape index (κ1) is 27.8. The van der Waals surface area contributed by atoms with Crippen LogP contribution in [0, 0.1) is 11.7 Å². The number of hydrogen-bond acceptors (Lipinski definition) is 4. The molecule has 0 atom stereocenters. The Morgan fingerprint density at radius 3 is 1.92 bits per heavy atom. The van der Waals surface area contributed by atoms with Gasteiger partial charge in [0, 0.05) is 55.8 Å². The maximum Gasteiger partial charge on any atom is 0.225 e. The topological polar surface area (TPSA) is 60.9 Å². The summed E-state index contributed by atoms with van der Waals surface area (Å²) in [4.78, 5) is 17.7. The monoisotopic (exact) mass is 569 g/mol. The Bertz CT molecular complexity index is 1320. The fourth-order valence-corrected chi connectivity index (χ4v) is 7.59. The summed E-state index contributed by atoms with van der Waals surface area (Å²) in [5.41, 5.74) is 2.45. The van der Waals surface area contributed by atoms with Gasteiger partial charge in [-0.3, -0.25) is 9.69 Å². The second-order valence-corrected chi connectivity index (χ2v) is 12.6. The summed E-state index contributed by atoms with van der Waals surface area (Å²) >= 11 is 6.05. The van der Waals surface area contributed by atoms with Gasteiger partial charge in [0.1, 0.15) is 5.82 Å². The van der Waals surface area contributed by atoms with Gasteiger partial charge in [0.15, 0.2) is 0 Å². The third kappa shape index (κ3) is 6.35. The van der Waals surface area contributed by atoms with Gasteiger partial charge < -0.3 is 4.90 Å². The van der Waals surface area contributed by atoms with E-state index in [1.807, 2.05) is 17.0 Å². The summed E-state index contributed by atoms with van der Waals surface area (Å²) in [5, 5.41) is 0.101. The first-order valence-corrected chi connectivity index (χ1v) is 15.4. The number of halogens is 2. The molecule has 2 saturated heterocycles. The van der Waals surface area contributed by atoms with Gasteiger partial charge in [-0.25, -0.2) is 17.1 Å². The van der Waals surface area contributed by atoms with Crippen LogP contribution in [0.3, 0.4) is 0 Å². The van der Waals surface area contributed by atoms with Crippen LogP contribution < -0.4 is 0 Å². The quantitative estimate of drug-likeness (QED) is 0.404. The summed E-state index contributed by atoms with van der Waals surface area (Å²) in [5.74, 6) is -1.22. The summed E-state index contributed by atoms with van der Waals surface area (Å²) in [6.45, 7) is 3.29. The molecular formula is C30H33ClFN3O3S. The standard InChI is InChI=1S/C30H33ClFN3O3S/c31-27-12-7-13-28(32)26(27)22-39(37,38)35-16-14-25(15-17-35)30(36)34-20-18-33(19-21-34)29(23-8-3-1-4-9-23)24-10-5-2-6-11-24/h1-13,25,29H,14-22H2. The Labute approximate surface area is 235 Å². The van der Waals surface area contributed by atoms with Crippen LogP contribution in [-0.2, 0) is 20.6 Å². The number of amides is 1. The zero-order chi connectivity index (χ0) is 27.4. The molecule has 0 saturated carbocycles. The Balaban J connectivity index is 1.18. The second kappa shape index (κ2) is 12.2. The molecule has 0 radical (unpaired) electrons. The zero-order valence-electron chi connectivity index (χ0n) is 21.8. The molecule has 39 heavy (non-hydrogen) atoms. The predicted octanol–water partition coefficient (Wildman–Crippen LogP) is 4.95. The molecule has 3 aromatic rings. The van der Waals surface area contributed by atoms with Crippen LogP contribution in [0.2, 0.25) is 5.02 Å². The predicted molar refractivity (Wildman–Crippen MR) is 151 cm³/mol. The number of hydrogen-bond donors (Lipinski definition) is 0. The van der Waals surface area contributed by atoms with Gasteiger partial charge in [0.2, 0.25) is 15.9 Å². The molecule has 2 heterocycles. The van der Waals surface area contributed by atoms with Gasteiger partial charge in [0.25, 0.3) is 0 Å². The molecule has 2 fully saturated rings. The molecule has 1 amide bonds. The van der Waals surface area contributed by atoms with Crippen LogP contribution in [0.5, 0.6) is 0 Å². The molecule has 0 aliphatic carbocycles. The normalized spacial score (nSPS) is 18.0. The Hall–Kier alpha value is -2.78. The molecule has 0 bridgehead atoms. The molecule has 3 aromatic carbocycles. The molecule has 2 aliphatic heterocycles. The van der Waals surface area contributed by atoms with Crippen molar-refractivity contribution in [2.75, 3.05) is 39.3 Å². The highest BCUT2D eigenvalue weighted by molar-refractivity contribution is 7.88. The second-order valence-electron chi connectivity index (χ2n) is 10.2. The number of piperidine rings is 1. The van der Waals surface area contributed by atoms with Gasteiger partial charge in [-0.05, 0) is 36.1 Å². The molecular weight excluding hydrogens is 537 g/mol. The maximum absolute atomic E-state index is 14.2. The molecule has 206 valence electrons. The Kier molecular flexibility index (Phi) is 8.67.